The Hall–Kier alpha value is -2.72. The molecular formula is C26H26ClFN2O. The number of pyridine rings is 1. The summed E-state index contributed by atoms with van der Waals surface area (Å²) in [6.07, 6.45) is 8.44. The molecule has 4 rings (SSSR count). The number of benzene rings is 2. The molecule has 1 fully saturated rings. The SMILES string of the molecule is C=CC[C@@H](NC(=O)c1ccc(Cl)cc1)C1CCC(c2ccnc3ccc(F)cc23)CC1. The average molecular weight is 437 g/mol. The van der Waals surface area contributed by atoms with Crippen LogP contribution >= 0.6 is 11.6 Å². The molecule has 0 bridgehead atoms. The predicted octanol–water partition coefficient (Wildman–Crippen LogP) is 6.68. The van der Waals surface area contributed by atoms with E-state index in [1.807, 2.05) is 18.3 Å². The molecule has 1 aromatic heterocycles. The molecule has 1 aliphatic rings. The van der Waals surface area contributed by atoms with Gasteiger partial charge >= 0.3 is 0 Å². The van der Waals surface area contributed by atoms with Crippen molar-refractivity contribution in [2.24, 2.45) is 5.92 Å². The number of nitrogens with zero attached hydrogens (tertiary/aromatic N) is 1. The summed E-state index contributed by atoms with van der Waals surface area (Å²) >= 11 is 5.93. The molecule has 31 heavy (non-hydrogen) atoms. The summed E-state index contributed by atoms with van der Waals surface area (Å²) in [4.78, 5) is 17.1. The number of hydrogen-bond donors (Lipinski definition) is 1. The molecule has 0 radical (unpaired) electrons. The quantitative estimate of drug-likeness (QED) is 0.438. The number of carbonyl (C=O) groups excluding carboxylic acids is 1. The van der Waals surface area contributed by atoms with E-state index in [0.717, 1.165) is 43.0 Å². The molecule has 0 saturated heterocycles. The lowest BCUT2D eigenvalue weighted by Gasteiger charge is -2.34. The van der Waals surface area contributed by atoms with Crippen molar-refractivity contribution >= 4 is 28.4 Å². The second-order valence-corrected chi connectivity index (χ2v) is 8.72. The number of nitrogens with one attached hydrogen (secondary N) is 1. The molecule has 1 N–H and O–H groups in total. The molecule has 1 atom stereocenters. The van der Waals surface area contributed by atoms with E-state index in [2.05, 4.69) is 16.9 Å². The highest BCUT2D eigenvalue weighted by atomic mass is 35.5. The van der Waals surface area contributed by atoms with Gasteiger partial charge in [0, 0.05) is 28.2 Å². The van der Waals surface area contributed by atoms with Gasteiger partial charge in [-0.25, -0.2) is 4.39 Å². The third-order valence-corrected chi connectivity index (χ3v) is 6.61. The lowest BCUT2D eigenvalue weighted by Crippen LogP contribution is -2.41. The number of halogens is 2. The maximum absolute atomic E-state index is 13.8. The third kappa shape index (κ3) is 4.96. The highest BCUT2D eigenvalue weighted by Crippen LogP contribution is 2.40. The van der Waals surface area contributed by atoms with Gasteiger partial charge in [0.15, 0.2) is 0 Å². The first-order chi connectivity index (χ1) is 15.0. The maximum Gasteiger partial charge on any atom is 0.251 e. The Morgan fingerprint density at radius 3 is 2.61 bits per heavy atom. The van der Waals surface area contributed by atoms with Crippen molar-refractivity contribution in [3.05, 3.63) is 89.3 Å². The summed E-state index contributed by atoms with van der Waals surface area (Å²) < 4.78 is 13.8. The van der Waals surface area contributed by atoms with E-state index in [0.29, 0.717) is 22.4 Å². The molecule has 0 unspecified atom stereocenters. The van der Waals surface area contributed by atoms with Gasteiger partial charge < -0.3 is 5.32 Å². The Balaban J connectivity index is 1.45. The Morgan fingerprint density at radius 2 is 1.90 bits per heavy atom. The minimum atomic E-state index is -0.230. The summed E-state index contributed by atoms with van der Waals surface area (Å²) in [6.45, 7) is 3.88. The van der Waals surface area contributed by atoms with Crippen LogP contribution in [0.15, 0.2) is 67.4 Å². The lowest BCUT2D eigenvalue weighted by molar-refractivity contribution is 0.0912. The van der Waals surface area contributed by atoms with Crippen LogP contribution in [0.25, 0.3) is 10.9 Å². The van der Waals surface area contributed by atoms with E-state index in [-0.39, 0.29) is 17.8 Å². The molecule has 3 aromatic rings. The van der Waals surface area contributed by atoms with Crippen LogP contribution in [0.5, 0.6) is 0 Å². The fourth-order valence-electron chi connectivity index (χ4n) is 4.73. The maximum atomic E-state index is 13.8. The van der Waals surface area contributed by atoms with Gasteiger partial charge in [0.2, 0.25) is 0 Å². The van der Waals surface area contributed by atoms with Gasteiger partial charge in [-0.15, -0.1) is 6.58 Å². The molecule has 160 valence electrons. The van der Waals surface area contributed by atoms with Crippen molar-refractivity contribution in [2.75, 3.05) is 0 Å². The first-order valence-corrected chi connectivity index (χ1v) is 11.1. The molecule has 3 nitrogen and oxygen atoms in total. The topological polar surface area (TPSA) is 42.0 Å². The van der Waals surface area contributed by atoms with Crippen LogP contribution in [0.4, 0.5) is 4.39 Å². The minimum absolute atomic E-state index is 0.0493. The Labute approximate surface area is 187 Å². The van der Waals surface area contributed by atoms with Gasteiger partial charge in [0.05, 0.1) is 5.52 Å². The number of fused-ring (bicyclic) bond motifs is 1. The smallest absolute Gasteiger partial charge is 0.251 e. The summed E-state index contributed by atoms with van der Waals surface area (Å²) in [5, 5.41) is 4.72. The van der Waals surface area contributed by atoms with Gasteiger partial charge in [0.25, 0.3) is 5.91 Å². The van der Waals surface area contributed by atoms with Crippen molar-refractivity contribution in [3.63, 3.8) is 0 Å². The second kappa shape index (κ2) is 9.61. The van der Waals surface area contributed by atoms with E-state index in [9.17, 15) is 9.18 Å². The minimum Gasteiger partial charge on any atom is -0.349 e. The highest BCUT2D eigenvalue weighted by Gasteiger charge is 2.29. The zero-order valence-electron chi connectivity index (χ0n) is 17.4. The van der Waals surface area contributed by atoms with Crippen LogP contribution in [0.1, 0.15) is 53.9 Å². The van der Waals surface area contributed by atoms with Gasteiger partial charge in [-0.2, -0.15) is 0 Å². The van der Waals surface area contributed by atoms with Gasteiger partial charge in [0.1, 0.15) is 5.82 Å². The molecule has 0 aliphatic heterocycles. The fourth-order valence-corrected chi connectivity index (χ4v) is 4.86. The standard InChI is InChI=1S/C26H26ClFN2O/c1-2-3-24(30-26(31)19-8-10-20(27)11-9-19)18-6-4-17(5-7-18)22-14-15-29-25-13-12-21(28)16-23(22)25/h2,8-18,24H,1,3-7H2,(H,30,31)/t17?,18?,24-/m1/s1. The molecule has 1 saturated carbocycles. The van der Waals surface area contributed by atoms with Crippen molar-refractivity contribution in [2.45, 2.75) is 44.1 Å². The van der Waals surface area contributed by atoms with Gasteiger partial charge in [-0.1, -0.05) is 17.7 Å². The molecular weight excluding hydrogens is 411 g/mol. The van der Waals surface area contributed by atoms with Crippen molar-refractivity contribution in [1.29, 1.82) is 0 Å². The zero-order valence-corrected chi connectivity index (χ0v) is 18.1. The zero-order chi connectivity index (χ0) is 21.8. The van der Waals surface area contributed by atoms with Crippen molar-refractivity contribution in [3.8, 4) is 0 Å². The van der Waals surface area contributed by atoms with Crippen LogP contribution in [-0.2, 0) is 0 Å². The Bertz CT molecular complexity index is 1070. The van der Waals surface area contributed by atoms with Gasteiger partial charge in [-0.05, 0) is 98.0 Å². The number of aromatic nitrogens is 1. The normalized spacial score (nSPS) is 19.7. The van der Waals surface area contributed by atoms with Gasteiger partial charge in [-0.3, -0.25) is 9.78 Å². The van der Waals surface area contributed by atoms with Crippen LogP contribution in [0.3, 0.4) is 0 Å². The highest BCUT2D eigenvalue weighted by molar-refractivity contribution is 6.30. The summed E-state index contributed by atoms with van der Waals surface area (Å²) in [7, 11) is 0. The first-order valence-electron chi connectivity index (χ1n) is 10.8. The van der Waals surface area contributed by atoms with E-state index >= 15 is 0 Å². The summed E-state index contributed by atoms with van der Waals surface area (Å²) in [6, 6.07) is 13.8. The predicted molar refractivity (Wildman–Crippen MR) is 124 cm³/mol. The number of hydrogen-bond acceptors (Lipinski definition) is 2. The third-order valence-electron chi connectivity index (χ3n) is 6.36. The molecule has 2 aromatic carbocycles. The fraction of sp³-hybridized carbons (Fsp3) is 0.308. The Morgan fingerprint density at radius 1 is 1.16 bits per heavy atom. The molecule has 0 spiro atoms. The van der Waals surface area contributed by atoms with Crippen LogP contribution in [0.2, 0.25) is 5.02 Å². The molecule has 1 aliphatic carbocycles. The number of rotatable bonds is 6. The van der Waals surface area contributed by atoms with Crippen molar-refractivity contribution in [1.82, 2.24) is 10.3 Å². The van der Waals surface area contributed by atoms with Crippen LogP contribution in [-0.4, -0.2) is 16.9 Å². The largest absolute Gasteiger partial charge is 0.349 e. The number of amides is 1. The van der Waals surface area contributed by atoms with Crippen LogP contribution < -0.4 is 5.32 Å². The number of carbonyl (C=O) groups is 1. The molecule has 1 heterocycles. The second-order valence-electron chi connectivity index (χ2n) is 8.28. The average Bonchev–Trinajstić information content (AvgIpc) is 2.79. The van der Waals surface area contributed by atoms with Crippen LogP contribution in [0, 0.1) is 11.7 Å². The summed E-state index contributed by atoms with van der Waals surface area (Å²) in [5.74, 6) is 0.447. The van der Waals surface area contributed by atoms with E-state index < -0.39 is 0 Å². The lowest BCUT2D eigenvalue weighted by atomic mass is 9.74. The molecule has 1 amide bonds. The summed E-state index contributed by atoms with van der Waals surface area (Å²) in [5.41, 5.74) is 2.62. The monoisotopic (exact) mass is 436 g/mol. The van der Waals surface area contributed by atoms with E-state index in [1.165, 1.54) is 11.6 Å². The Kier molecular flexibility index (Phi) is 6.67. The van der Waals surface area contributed by atoms with Crippen molar-refractivity contribution < 1.29 is 9.18 Å². The van der Waals surface area contributed by atoms with E-state index in [4.69, 9.17) is 11.6 Å². The molecule has 5 heteroatoms. The van der Waals surface area contributed by atoms with E-state index in [1.54, 1.807) is 36.4 Å². The first kappa shape index (κ1) is 21.5.